The summed E-state index contributed by atoms with van der Waals surface area (Å²) in [5.41, 5.74) is 2.05. The molecule has 6 heteroatoms. The Labute approximate surface area is 122 Å². The van der Waals surface area contributed by atoms with Gasteiger partial charge < -0.3 is 14.4 Å². The molecule has 0 fully saturated rings. The van der Waals surface area contributed by atoms with E-state index < -0.39 is 5.97 Å². The number of oxazole rings is 1. The number of aromatic nitrogens is 1. The first-order valence-electron chi connectivity index (χ1n) is 6.47. The number of aliphatic carboxylic acids is 1. The Bertz CT molecular complexity index is 646. The molecule has 0 bridgehead atoms. The van der Waals surface area contributed by atoms with Crippen molar-refractivity contribution in [2.45, 2.75) is 13.3 Å². The van der Waals surface area contributed by atoms with Crippen molar-refractivity contribution in [3.63, 3.8) is 0 Å². The highest BCUT2D eigenvalue weighted by atomic mass is 16.4. The molecule has 2 rings (SSSR count). The van der Waals surface area contributed by atoms with Crippen LogP contribution in [0.25, 0.3) is 11.3 Å². The lowest BCUT2D eigenvalue weighted by Crippen LogP contribution is -2.29. The molecule has 1 aromatic heterocycles. The molecule has 0 radical (unpaired) electrons. The molecule has 0 aliphatic carbocycles. The van der Waals surface area contributed by atoms with Gasteiger partial charge in [0.25, 0.3) is 5.91 Å². The molecule has 1 heterocycles. The average Bonchev–Trinajstić information content (AvgIpc) is 2.94. The van der Waals surface area contributed by atoms with Crippen LogP contribution in [0.1, 0.15) is 22.5 Å². The molecule has 0 aliphatic heterocycles. The van der Waals surface area contributed by atoms with E-state index >= 15 is 0 Å². The van der Waals surface area contributed by atoms with Crippen LogP contribution in [0.15, 0.2) is 35.1 Å². The van der Waals surface area contributed by atoms with Crippen molar-refractivity contribution in [1.29, 1.82) is 0 Å². The standard InChI is InChI=1S/C15H16N2O4/c1-10-3-5-11(6-4-10)14-13(16-9-21-14)15(20)17(2)8-7-12(18)19/h3-6,9H,7-8H2,1-2H3,(H,18,19). The zero-order valence-electron chi connectivity index (χ0n) is 11.9. The van der Waals surface area contributed by atoms with E-state index in [1.54, 1.807) is 7.05 Å². The SMILES string of the molecule is Cc1ccc(-c2ocnc2C(=O)N(C)CCC(=O)O)cc1. The maximum atomic E-state index is 12.3. The fourth-order valence-corrected chi connectivity index (χ4v) is 1.85. The molecule has 0 saturated heterocycles. The Morgan fingerprint density at radius 1 is 1.29 bits per heavy atom. The highest BCUT2D eigenvalue weighted by molar-refractivity contribution is 5.97. The number of hydrogen-bond acceptors (Lipinski definition) is 4. The summed E-state index contributed by atoms with van der Waals surface area (Å²) in [6.07, 6.45) is 1.10. The van der Waals surface area contributed by atoms with E-state index in [1.165, 1.54) is 11.3 Å². The number of nitrogens with zero attached hydrogens (tertiary/aromatic N) is 2. The molecule has 0 aliphatic rings. The quantitative estimate of drug-likeness (QED) is 0.911. The highest BCUT2D eigenvalue weighted by Gasteiger charge is 2.21. The van der Waals surface area contributed by atoms with Gasteiger partial charge in [-0.05, 0) is 6.92 Å². The van der Waals surface area contributed by atoms with E-state index in [1.807, 2.05) is 31.2 Å². The van der Waals surface area contributed by atoms with E-state index in [-0.39, 0.29) is 24.6 Å². The molecular weight excluding hydrogens is 272 g/mol. The van der Waals surface area contributed by atoms with Gasteiger partial charge in [0.05, 0.1) is 6.42 Å². The van der Waals surface area contributed by atoms with Gasteiger partial charge >= 0.3 is 5.97 Å². The lowest BCUT2D eigenvalue weighted by molar-refractivity contribution is -0.137. The smallest absolute Gasteiger partial charge is 0.305 e. The summed E-state index contributed by atoms with van der Waals surface area (Å²) in [6.45, 7) is 2.09. The molecule has 21 heavy (non-hydrogen) atoms. The van der Waals surface area contributed by atoms with Gasteiger partial charge in [0.15, 0.2) is 17.8 Å². The van der Waals surface area contributed by atoms with Crippen molar-refractivity contribution >= 4 is 11.9 Å². The van der Waals surface area contributed by atoms with Crippen molar-refractivity contribution in [1.82, 2.24) is 9.88 Å². The Balaban J connectivity index is 2.21. The average molecular weight is 288 g/mol. The second-order valence-corrected chi connectivity index (χ2v) is 4.77. The zero-order chi connectivity index (χ0) is 15.4. The molecule has 6 nitrogen and oxygen atoms in total. The van der Waals surface area contributed by atoms with Crippen molar-refractivity contribution in [3.8, 4) is 11.3 Å². The minimum Gasteiger partial charge on any atom is -0.481 e. The molecule has 110 valence electrons. The van der Waals surface area contributed by atoms with E-state index in [0.717, 1.165) is 11.1 Å². The monoisotopic (exact) mass is 288 g/mol. The van der Waals surface area contributed by atoms with Crippen LogP contribution in [0.5, 0.6) is 0 Å². The number of rotatable bonds is 5. The molecule has 0 saturated carbocycles. The fraction of sp³-hybridized carbons (Fsp3) is 0.267. The fourth-order valence-electron chi connectivity index (χ4n) is 1.85. The summed E-state index contributed by atoms with van der Waals surface area (Å²) in [4.78, 5) is 28.1. The number of benzene rings is 1. The van der Waals surface area contributed by atoms with Crippen LogP contribution in [-0.2, 0) is 4.79 Å². The summed E-state index contributed by atoms with van der Waals surface area (Å²) in [7, 11) is 1.54. The Morgan fingerprint density at radius 2 is 1.95 bits per heavy atom. The highest BCUT2D eigenvalue weighted by Crippen LogP contribution is 2.24. The summed E-state index contributed by atoms with van der Waals surface area (Å²) in [5.74, 6) is -0.920. The van der Waals surface area contributed by atoms with Crippen LogP contribution in [0.4, 0.5) is 0 Å². The minimum absolute atomic E-state index is 0.111. The number of carbonyl (C=O) groups excluding carboxylic acids is 1. The second-order valence-electron chi connectivity index (χ2n) is 4.77. The lowest BCUT2D eigenvalue weighted by atomic mass is 10.1. The summed E-state index contributed by atoms with van der Waals surface area (Å²) in [5, 5.41) is 8.66. The van der Waals surface area contributed by atoms with E-state index in [0.29, 0.717) is 5.76 Å². The minimum atomic E-state index is -0.950. The number of carbonyl (C=O) groups is 2. The number of carboxylic acid groups (broad SMARTS) is 1. The van der Waals surface area contributed by atoms with Crippen LogP contribution < -0.4 is 0 Å². The normalized spacial score (nSPS) is 10.4. The van der Waals surface area contributed by atoms with Crippen molar-refractivity contribution in [2.75, 3.05) is 13.6 Å². The van der Waals surface area contributed by atoms with Crippen LogP contribution in [0.3, 0.4) is 0 Å². The molecule has 1 N–H and O–H groups in total. The zero-order valence-corrected chi connectivity index (χ0v) is 11.9. The van der Waals surface area contributed by atoms with Gasteiger partial charge in [0.1, 0.15) is 0 Å². The van der Waals surface area contributed by atoms with Crippen molar-refractivity contribution < 1.29 is 19.1 Å². The van der Waals surface area contributed by atoms with Gasteiger partial charge in [-0.2, -0.15) is 0 Å². The molecule has 0 spiro atoms. The molecule has 1 amide bonds. The number of amides is 1. The maximum Gasteiger partial charge on any atom is 0.305 e. The molecule has 1 aromatic carbocycles. The Kier molecular flexibility index (Phi) is 4.37. The van der Waals surface area contributed by atoms with Crippen LogP contribution in [0.2, 0.25) is 0 Å². The lowest BCUT2D eigenvalue weighted by Gasteiger charge is -2.14. The van der Waals surface area contributed by atoms with Gasteiger partial charge in [0, 0.05) is 19.2 Å². The van der Waals surface area contributed by atoms with Gasteiger partial charge in [-0.1, -0.05) is 29.8 Å². The molecular formula is C15H16N2O4. The molecule has 0 unspecified atom stereocenters. The first-order chi connectivity index (χ1) is 9.99. The first-order valence-corrected chi connectivity index (χ1v) is 6.47. The third-order valence-electron chi connectivity index (χ3n) is 3.09. The number of carboxylic acids is 1. The van der Waals surface area contributed by atoms with Gasteiger partial charge in [-0.25, -0.2) is 4.98 Å². The summed E-state index contributed by atoms with van der Waals surface area (Å²) < 4.78 is 5.31. The Morgan fingerprint density at radius 3 is 2.57 bits per heavy atom. The second kappa shape index (κ2) is 6.21. The summed E-state index contributed by atoms with van der Waals surface area (Å²) >= 11 is 0. The largest absolute Gasteiger partial charge is 0.481 e. The van der Waals surface area contributed by atoms with Crippen molar-refractivity contribution in [3.05, 3.63) is 41.9 Å². The third kappa shape index (κ3) is 3.47. The van der Waals surface area contributed by atoms with Gasteiger partial charge in [-0.15, -0.1) is 0 Å². The topological polar surface area (TPSA) is 83.6 Å². The predicted molar refractivity (Wildman–Crippen MR) is 75.9 cm³/mol. The van der Waals surface area contributed by atoms with Crippen LogP contribution in [0, 0.1) is 6.92 Å². The van der Waals surface area contributed by atoms with Gasteiger partial charge in [0.2, 0.25) is 0 Å². The number of hydrogen-bond donors (Lipinski definition) is 1. The van der Waals surface area contributed by atoms with E-state index in [9.17, 15) is 9.59 Å². The van der Waals surface area contributed by atoms with E-state index in [2.05, 4.69) is 4.98 Å². The molecule has 0 atom stereocenters. The van der Waals surface area contributed by atoms with Crippen LogP contribution in [-0.4, -0.2) is 40.5 Å². The predicted octanol–water partition coefficient (Wildman–Crippen LogP) is 2.20. The van der Waals surface area contributed by atoms with E-state index in [4.69, 9.17) is 9.52 Å². The Hall–Kier alpha value is -2.63. The van der Waals surface area contributed by atoms with Crippen LogP contribution >= 0.6 is 0 Å². The summed E-state index contributed by atoms with van der Waals surface area (Å²) in [6, 6.07) is 7.54. The number of aryl methyl sites for hydroxylation is 1. The van der Waals surface area contributed by atoms with Crippen molar-refractivity contribution in [2.24, 2.45) is 0 Å². The maximum absolute atomic E-state index is 12.3. The first kappa shape index (κ1) is 14.8. The molecule has 2 aromatic rings. The third-order valence-corrected chi connectivity index (χ3v) is 3.09. The van der Waals surface area contributed by atoms with Gasteiger partial charge in [-0.3, -0.25) is 9.59 Å².